The number of furan rings is 1. The molecule has 0 bridgehead atoms. The topological polar surface area (TPSA) is 80.4 Å². The minimum Gasteiger partial charge on any atom is -0.491 e. The average molecular weight is 374 g/mol. The van der Waals surface area contributed by atoms with Crippen LogP contribution in [0.3, 0.4) is 0 Å². The fraction of sp³-hybridized carbons (Fsp3) is 0.368. The smallest absolute Gasteiger partial charge is 0.225 e. The second-order valence-electron chi connectivity index (χ2n) is 6.50. The number of halogens is 1. The third-order valence-corrected chi connectivity index (χ3v) is 4.91. The van der Waals surface area contributed by atoms with Crippen LogP contribution in [0.5, 0.6) is 5.75 Å². The fourth-order valence-electron chi connectivity index (χ4n) is 3.34. The number of aromatic nitrogens is 2. The summed E-state index contributed by atoms with van der Waals surface area (Å²) in [7, 11) is 0. The van der Waals surface area contributed by atoms with Crippen LogP contribution in [0.4, 0.5) is 5.82 Å². The maximum Gasteiger partial charge on any atom is 0.225 e. The van der Waals surface area contributed by atoms with Crippen molar-refractivity contribution in [3.05, 3.63) is 47.6 Å². The number of hydrogen-bond donors (Lipinski definition) is 2. The number of anilines is 1. The fourth-order valence-corrected chi connectivity index (χ4v) is 3.51. The summed E-state index contributed by atoms with van der Waals surface area (Å²) in [4.78, 5) is 8.65. The molecule has 1 aliphatic carbocycles. The van der Waals surface area contributed by atoms with Crippen molar-refractivity contribution in [2.75, 3.05) is 11.9 Å². The number of fused-ring (bicyclic) bond motifs is 1. The first-order chi connectivity index (χ1) is 12.7. The van der Waals surface area contributed by atoms with Crippen LogP contribution in [0, 0.1) is 5.92 Å². The van der Waals surface area contributed by atoms with Crippen molar-refractivity contribution in [3.8, 4) is 5.75 Å². The highest BCUT2D eigenvalue weighted by Gasteiger charge is 2.26. The van der Waals surface area contributed by atoms with E-state index in [4.69, 9.17) is 20.8 Å². The highest BCUT2D eigenvalue weighted by atomic mass is 35.5. The first-order valence-corrected chi connectivity index (χ1v) is 9.12. The third kappa shape index (κ3) is 3.61. The molecular weight excluding hydrogens is 354 g/mol. The Morgan fingerprint density at radius 3 is 2.92 bits per heavy atom. The summed E-state index contributed by atoms with van der Waals surface area (Å²) in [6.45, 7) is 0.964. The number of nitrogens with one attached hydrogen (secondary N) is 1. The van der Waals surface area contributed by atoms with Gasteiger partial charge in [0, 0.05) is 11.3 Å². The zero-order valence-electron chi connectivity index (χ0n) is 14.2. The summed E-state index contributed by atoms with van der Waals surface area (Å²) < 4.78 is 11.3. The molecule has 7 heteroatoms. The highest BCUT2D eigenvalue weighted by molar-refractivity contribution is 6.29. The van der Waals surface area contributed by atoms with Crippen molar-refractivity contribution >= 4 is 28.3 Å². The monoisotopic (exact) mass is 373 g/mol. The van der Waals surface area contributed by atoms with Crippen LogP contribution in [-0.4, -0.2) is 27.8 Å². The van der Waals surface area contributed by atoms with Gasteiger partial charge >= 0.3 is 0 Å². The molecule has 1 aromatic carbocycles. The van der Waals surface area contributed by atoms with E-state index >= 15 is 0 Å². The lowest BCUT2D eigenvalue weighted by Gasteiger charge is -2.17. The van der Waals surface area contributed by atoms with Gasteiger partial charge in [-0.1, -0.05) is 12.5 Å². The van der Waals surface area contributed by atoms with E-state index in [1.165, 1.54) is 0 Å². The van der Waals surface area contributed by atoms with Crippen LogP contribution in [-0.2, 0) is 6.54 Å². The lowest BCUT2D eigenvalue weighted by atomic mass is 10.1. The molecule has 0 saturated heterocycles. The Balaban J connectivity index is 1.58. The summed E-state index contributed by atoms with van der Waals surface area (Å²) in [6.07, 6.45) is 4.22. The van der Waals surface area contributed by atoms with Gasteiger partial charge in [-0.15, -0.1) is 0 Å². The van der Waals surface area contributed by atoms with E-state index in [2.05, 4.69) is 15.3 Å². The molecule has 2 unspecified atom stereocenters. The molecule has 2 heterocycles. The van der Waals surface area contributed by atoms with E-state index in [9.17, 15) is 5.11 Å². The zero-order chi connectivity index (χ0) is 17.9. The van der Waals surface area contributed by atoms with Gasteiger partial charge in [-0.3, -0.25) is 0 Å². The van der Waals surface area contributed by atoms with Gasteiger partial charge in [0.05, 0.1) is 25.5 Å². The highest BCUT2D eigenvalue weighted by Crippen LogP contribution is 2.32. The molecule has 2 N–H and O–H groups in total. The standard InChI is InChI=1S/C19H20ClN3O3/c20-19-22-17-14(18(23-19)21-10-13-5-3-9-25-13)6-2-8-16(17)26-11-12-4-1-7-15(12)24/h2-3,5-6,8-9,12,15,24H,1,4,7,10-11H2,(H,21,22,23). The Kier molecular flexibility index (Phi) is 4.95. The molecule has 1 fully saturated rings. The molecular formula is C19H20ClN3O3. The van der Waals surface area contributed by atoms with Crippen molar-refractivity contribution in [3.63, 3.8) is 0 Å². The van der Waals surface area contributed by atoms with E-state index in [0.717, 1.165) is 30.4 Å². The average Bonchev–Trinajstić information content (AvgIpc) is 3.29. The van der Waals surface area contributed by atoms with Crippen molar-refractivity contribution in [2.24, 2.45) is 5.92 Å². The zero-order valence-corrected chi connectivity index (χ0v) is 14.9. The Morgan fingerprint density at radius 1 is 1.23 bits per heavy atom. The van der Waals surface area contributed by atoms with Crippen LogP contribution in [0.25, 0.3) is 10.9 Å². The summed E-state index contributed by atoms with van der Waals surface area (Å²) in [5.41, 5.74) is 0.655. The summed E-state index contributed by atoms with van der Waals surface area (Å²) in [6, 6.07) is 9.42. The van der Waals surface area contributed by atoms with Gasteiger partial charge in [0.15, 0.2) is 0 Å². The predicted octanol–water partition coefficient (Wildman–Crippen LogP) is 4.03. The first-order valence-electron chi connectivity index (χ1n) is 8.74. The van der Waals surface area contributed by atoms with Crippen LogP contribution in [0.1, 0.15) is 25.0 Å². The van der Waals surface area contributed by atoms with Crippen LogP contribution >= 0.6 is 11.6 Å². The molecule has 0 spiro atoms. The number of aliphatic hydroxyl groups excluding tert-OH is 1. The van der Waals surface area contributed by atoms with E-state index in [1.807, 2.05) is 30.3 Å². The van der Waals surface area contributed by atoms with Gasteiger partial charge in [0.2, 0.25) is 5.28 Å². The Morgan fingerprint density at radius 2 is 2.15 bits per heavy atom. The minimum absolute atomic E-state index is 0.149. The van der Waals surface area contributed by atoms with Crippen molar-refractivity contribution in [1.82, 2.24) is 9.97 Å². The van der Waals surface area contributed by atoms with Crippen LogP contribution in [0.2, 0.25) is 5.28 Å². The van der Waals surface area contributed by atoms with Crippen LogP contribution < -0.4 is 10.1 Å². The van der Waals surface area contributed by atoms with Gasteiger partial charge in [-0.2, -0.15) is 0 Å². The number of para-hydroxylation sites is 1. The second kappa shape index (κ2) is 7.51. The maximum absolute atomic E-state index is 9.98. The molecule has 4 rings (SSSR count). The summed E-state index contributed by atoms with van der Waals surface area (Å²) in [5.74, 6) is 2.24. The predicted molar refractivity (Wildman–Crippen MR) is 99.4 cm³/mol. The SMILES string of the molecule is OC1CCCC1COc1cccc2c(NCc3ccco3)nc(Cl)nc12. The molecule has 1 aliphatic rings. The third-order valence-electron chi connectivity index (χ3n) is 4.74. The van der Waals surface area contributed by atoms with Gasteiger partial charge in [0.25, 0.3) is 0 Å². The van der Waals surface area contributed by atoms with Crippen LogP contribution in [0.15, 0.2) is 41.0 Å². The maximum atomic E-state index is 9.98. The van der Waals surface area contributed by atoms with Gasteiger partial charge in [-0.05, 0) is 48.7 Å². The Hall–Kier alpha value is -2.31. The molecule has 3 aromatic rings. The van der Waals surface area contributed by atoms with Gasteiger partial charge < -0.3 is 19.6 Å². The molecule has 6 nitrogen and oxygen atoms in total. The molecule has 136 valence electrons. The summed E-state index contributed by atoms with van der Waals surface area (Å²) in [5, 5.41) is 14.2. The van der Waals surface area contributed by atoms with Crippen molar-refractivity contribution < 1.29 is 14.3 Å². The molecule has 2 aromatic heterocycles. The summed E-state index contributed by atoms with van der Waals surface area (Å²) >= 11 is 6.13. The number of ether oxygens (including phenoxy) is 1. The lowest BCUT2D eigenvalue weighted by Crippen LogP contribution is -2.20. The number of benzene rings is 1. The number of aliphatic hydroxyl groups is 1. The first kappa shape index (κ1) is 17.1. The van der Waals surface area contributed by atoms with E-state index < -0.39 is 0 Å². The number of nitrogens with zero attached hydrogens (tertiary/aromatic N) is 2. The molecule has 1 saturated carbocycles. The quantitative estimate of drug-likeness (QED) is 0.635. The van der Waals surface area contributed by atoms with E-state index in [0.29, 0.717) is 30.2 Å². The Bertz CT molecular complexity index is 885. The van der Waals surface area contributed by atoms with Crippen molar-refractivity contribution in [1.29, 1.82) is 0 Å². The van der Waals surface area contributed by atoms with Gasteiger partial charge in [-0.25, -0.2) is 9.97 Å². The molecule has 26 heavy (non-hydrogen) atoms. The van der Waals surface area contributed by atoms with Crippen molar-refractivity contribution in [2.45, 2.75) is 31.9 Å². The molecule has 0 radical (unpaired) electrons. The number of rotatable bonds is 6. The van der Waals surface area contributed by atoms with E-state index in [1.54, 1.807) is 6.26 Å². The molecule has 2 atom stereocenters. The normalized spacial score (nSPS) is 19.8. The molecule has 0 amide bonds. The largest absolute Gasteiger partial charge is 0.491 e. The Labute approximate surface area is 156 Å². The molecule has 0 aliphatic heterocycles. The number of hydrogen-bond acceptors (Lipinski definition) is 6. The minimum atomic E-state index is -0.284. The second-order valence-corrected chi connectivity index (χ2v) is 6.83. The van der Waals surface area contributed by atoms with E-state index in [-0.39, 0.29) is 17.3 Å². The lowest BCUT2D eigenvalue weighted by molar-refractivity contribution is 0.0990. The van der Waals surface area contributed by atoms with Gasteiger partial charge in [0.1, 0.15) is 22.8 Å².